The molecule has 1 saturated heterocycles. The topological polar surface area (TPSA) is 85.2 Å². The van der Waals surface area contributed by atoms with E-state index in [0.29, 0.717) is 23.2 Å². The van der Waals surface area contributed by atoms with Crippen LogP contribution in [0.4, 0.5) is 9.93 Å². The number of hydrogen-bond acceptors (Lipinski definition) is 6. The van der Waals surface area contributed by atoms with Crippen molar-refractivity contribution in [1.82, 2.24) is 24.6 Å². The van der Waals surface area contributed by atoms with E-state index in [1.807, 2.05) is 55.1 Å². The monoisotopic (exact) mass is 384 g/mol. The van der Waals surface area contributed by atoms with Gasteiger partial charge in [0.25, 0.3) is 0 Å². The van der Waals surface area contributed by atoms with Crippen LogP contribution in [0.2, 0.25) is 0 Å². The number of rotatable bonds is 3. The minimum Gasteiger partial charge on any atom is -0.367 e. The number of urea groups is 1. The molecule has 4 rings (SSSR count). The highest BCUT2D eigenvalue weighted by atomic mass is 32.1. The molecule has 0 unspecified atom stereocenters. The first-order valence-corrected chi connectivity index (χ1v) is 9.49. The number of benzene rings is 1. The van der Waals surface area contributed by atoms with Crippen LogP contribution in [-0.2, 0) is 11.8 Å². The van der Waals surface area contributed by atoms with Crippen molar-refractivity contribution in [2.24, 2.45) is 7.05 Å². The molecule has 3 aromatic rings. The lowest BCUT2D eigenvalue weighted by molar-refractivity contribution is -0.0642. The lowest BCUT2D eigenvalue weighted by Crippen LogP contribution is -2.47. The fourth-order valence-electron chi connectivity index (χ4n) is 3.08. The Morgan fingerprint density at radius 2 is 2.07 bits per heavy atom. The molecule has 8 nitrogen and oxygen atoms in total. The second kappa shape index (κ2) is 7.45. The molecule has 9 heteroatoms. The lowest BCUT2D eigenvalue weighted by atomic mass is 10.1. The summed E-state index contributed by atoms with van der Waals surface area (Å²) < 4.78 is 7.87. The Kier molecular flexibility index (Phi) is 4.87. The largest absolute Gasteiger partial charge is 0.367 e. The number of amides is 2. The zero-order chi connectivity index (χ0) is 18.8. The highest BCUT2D eigenvalue weighted by molar-refractivity contribution is 7.18. The van der Waals surface area contributed by atoms with Crippen LogP contribution in [0.25, 0.3) is 10.8 Å². The molecule has 0 bridgehead atoms. The molecule has 1 aliphatic rings. The number of nitrogens with one attached hydrogen (secondary N) is 1. The molecule has 1 fully saturated rings. The molecule has 1 aliphatic heterocycles. The quantitative estimate of drug-likeness (QED) is 0.750. The Labute approximate surface area is 160 Å². The molecule has 0 spiro atoms. The maximum Gasteiger partial charge on any atom is 0.323 e. The Bertz CT molecular complexity index is 925. The maximum atomic E-state index is 12.7. The van der Waals surface area contributed by atoms with Crippen molar-refractivity contribution in [2.75, 3.05) is 18.4 Å². The summed E-state index contributed by atoms with van der Waals surface area (Å²) in [5.41, 5.74) is 1.06. The summed E-state index contributed by atoms with van der Waals surface area (Å²) in [6.07, 6.45) is 3.35. The van der Waals surface area contributed by atoms with Crippen LogP contribution < -0.4 is 5.32 Å². The number of aromatic nitrogens is 4. The van der Waals surface area contributed by atoms with E-state index < -0.39 is 0 Å². The minimum absolute atomic E-state index is 0.0488. The second-order valence-electron chi connectivity index (χ2n) is 6.46. The summed E-state index contributed by atoms with van der Waals surface area (Å²) in [6, 6.07) is 9.75. The molecule has 2 atom stereocenters. The van der Waals surface area contributed by atoms with Gasteiger partial charge in [0.1, 0.15) is 6.10 Å². The van der Waals surface area contributed by atoms with Crippen molar-refractivity contribution in [3.63, 3.8) is 0 Å². The molecule has 2 amide bonds. The molecule has 0 saturated carbocycles. The summed E-state index contributed by atoms with van der Waals surface area (Å²) in [7, 11) is 1.89. The van der Waals surface area contributed by atoms with Crippen molar-refractivity contribution in [3.8, 4) is 10.8 Å². The standard InChI is InChI=1S/C18H20N6O2S/c1-12-10-24(11-14(26-12)13-6-4-3-5-7-13)18(25)20-17-22-21-16(27-17)15-19-8-9-23(15)2/h3-9,12,14H,10-11H2,1-2H3,(H,20,22,25)/t12-,14+/m0/s1. The van der Waals surface area contributed by atoms with Gasteiger partial charge in [0.2, 0.25) is 5.13 Å². The van der Waals surface area contributed by atoms with Crippen LogP contribution in [0.15, 0.2) is 42.7 Å². The summed E-state index contributed by atoms with van der Waals surface area (Å²) in [5, 5.41) is 12.2. The van der Waals surface area contributed by atoms with Crippen LogP contribution in [0, 0.1) is 0 Å². The third-order valence-corrected chi connectivity index (χ3v) is 5.20. The molecule has 140 valence electrons. The summed E-state index contributed by atoms with van der Waals surface area (Å²) >= 11 is 1.30. The van der Waals surface area contributed by atoms with E-state index in [4.69, 9.17) is 4.74 Å². The average molecular weight is 384 g/mol. The van der Waals surface area contributed by atoms with E-state index in [1.165, 1.54) is 11.3 Å². The highest BCUT2D eigenvalue weighted by Crippen LogP contribution is 2.27. The van der Waals surface area contributed by atoms with Gasteiger partial charge in [-0.3, -0.25) is 5.32 Å². The van der Waals surface area contributed by atoms with E-state index in [1.54, 1.807) is 11.1 Å². The fraction of sp³-hybridized carbons (Fsp3) is 0.333. The Hall–Kier alpha value is -2.78. The molecule has 27 heavy (non-hydrogen) atoms. The number of ether oxygens (including phenoxy) is 1. The first-order valence-electron chi connectivity index (χ1n) is 8.67. The molecular formula is C18H20N6O2S. The number of carbonyl (C=O) groups is 1. The van der Waals surface area contributed by atoms with Crippen molar-refractivity contribution < 1.29 is 9.53 Å². The summed E-state index contributed by atoms with van der Waals surface area (Å²) in [5.74, 6) is 0.720. The third-order valence-electron chi connectivity index (χ3n) is 4.37. The van der Waals surface area contributed by atoms with E-state index in [2.05, 4.69) is 20.5 Å². The van der Waals surface area contributed by atoms with Crippen LogP contribution in [0.5, 0.6) is 0 Å². The van der Waals surface area contributed by atoms with Crippen LogP contribution >= 0.6 is 11.3 Å². The molecular weight excluding hydrogens is 364 g/mol. The van der Waals surface area contributed by atoms with Gasteiger partial charge >= 0.3 is 6.03 Å². The maximum absolute atomic E-state index is 12.7. The zero-order valence-corrected chi connectivity index (χ0v) is 15.9. The fourth-order valence-corrected chi connectivity index (χ4v) is 3.85. The van der Waals surface area contributed by atoms with Gasteiger partial charge in [-0.15, -0.1) is 10.2 Å². The van der Waals surface area contributed by atoms with Crippen molar-refractivity contribution in [1.29, 1.82) is 0 Å². The third kappa shape index (κ3) is 3.83. The normalized spacial score (nSPS) is 19.9. The number of morpholine rings is 1. The van der Waals surface area contributed by atoms with Crippen LogP contribution in [0.1, 0.15) is 18.6 Å². The molecule has 0 aliphatic carbocycles. The van der Waals surface area contributed by atoms with E-state index in [9.17, 15) is 4.79 Å². The smallest absolute Gasteiger partial charge is 0.323 e. The van der Waals surface area contributed by atoms with Gasteiger partial charge in [0, 0.05) is 26.0 Å². The van der Waals surface area contributed by atoms with Crippen LogP contribution in [0.3, 0.4) is 0 Å². The van der Waals surface area contributed by atoms with Gasteiger partial charge in [-0.1, -0.05) is 41.7 Å². The second-order valence-corrected chi connectivity index (χ2v) is 7.43. The first-order chi connectivity index (χ1) is 13.1. The minimum atomic E-state index is -0.200. The summed E-state index contributed by atoms with van der Waals surface area (Å²) in [6.45, 7) is 2.99. The van der Waals surface area contributed by atoms with E-state index in [-0.39, 0.29) is 18.2 Å². The molecule has 3 heterocycles. The van der Waals surface area contributed by atoms with E-state index >= 15 is 0 Å². The van der Waals surface area contributed by atoms with Crippen LogP contribution in [-0.4, -0.2) is 49.9 Å². The Morgan fingerprint density at radius 3 is 2.81 bits per heavy atom. The number of aryl methyl sites for hydroxylation is 1. The lowest BCUT2D eigenvalue weighted by Gasteiger charge is -2.36. The predicted octanol–water partition coefficient (Wildman–Crippen LogP) is 2.93. The predicted molar refractivity (Wildman–Crippen MR) is 102 cm³/mol. The Balaban J connectivity index is 1.45. The van der Waals surface area contributed by atoms with Gasteiger partial charge < -0.3 is 14.2 Å². The molecule has 1 N–H and O–H groups in total. The number of imidazole rings is 1. The van der Waals surface area contributed by atoms with Crippen molar-refractivity contribution in [3.05, 3.63) is 48.3 Å². The highest BCUT2D eigenvalue weighted by Gasteiger charge is 2.29. The van der Waals surface area contributed by atoms with Gasteiger partial charge in [0.05, 0.1) is 12.6 Å². The SMILES string of the molecule is C[C@H]1CN(C(=O)Nc2nnc(-c3nccn3C)s2)C[C@H](c2ccccc2)O1. The number of hydrogen-bond donors (Lipinski definition) is 1. The van der Waals surface area contributed by atoms with Gasteiger partial charge in [-0.25, -0.2) is 9.78 Å². The molecule has 0 radical (unpaired) electrons. The van der Waals surface area contributed by atoms with Crippen molar-refractivity contribution in [2.45, 2.75) is 19.1 Å². The van der Waals surface area contributed by atoms with Gasteiger partial charge in [-0.2, -0.15) is 0 Å². The number of anilines is 1. The average Bonchev–Trinajstić information content (AvgIpc) is 3.30. The Morgan fingerprint density at radius 1 is 1.26 bits per heavy atom. The molecule has 1 aromatic carbocycles. The molecule has 2 aromatic heterocycles. The number of carbonyl (C=O) groups excluding carboxylic acids is 1. The number of nitrogens with zero attached hydrogens (tertiary/aromatic N) is 5. The zero-order valence-electron chi connectivity index (χ0n) is 15.1. The van der Waals surface area contributed by atoms with Crippen molar-refractivity contribution >= 4 is 22.5 Å². The van der Waals surface area contributed by atoms with E-state index in [0.717, 1.165) is 11.4 Å². The van der Waals surface area contributed by atoms with Gasteiger partial charge in [-0.05, 0) is 12.5 Å². The van der Waals surface area contributed by atoms with Gasteiger partial charge in [0.15, 0.2) is 10.8 Å². The summed E-state index contributed by atoms with van der Waals surface area (Å²) in [4.78, 5) is 18.7. The first kappa shape index (κ1) is 17.6.